The minimum absolute atomic E-state index is 0.0638. The summed E-state index contributed by atoms with van der Waals surface area (Å²) in [5.41, 5.74) is 0. The number of nitrogens with zero attached hydrogens (tertiary/aromatic N) is 2. The number of aromatic nitrogens is 2. The summed E-state index contributed by atoms with van der Waals surface area (Å²) in [6.07, 6.45) is 7.24. The Morgan fingerprint density at radius 2 is 2.12 bits per heavy atom. The van der Waals surface area contributed by atoms with E-state index in [1.54, 1.807) is 7.05 Å². The molecule has 2 rings (SSSR count). The first-order valence-electron chi connectivity index (χ1n) is 6.00. The van der Waals surface area contributed by atoms with E-state index in [4.69, 9.17) is 0 Å². The molecule has 1 fully saturated rings. The van der Waals surface area contributed by atoms with Crippen molar-refractivity contribution in [3.63, 3.8) is 0 Å². The molecule has 2 atom stereocenters. The Morgan fingerprint density at radius 3 is 2.71 bits per heavy atom. The Kier molecular flexibility index (Phi) is 3.53. The first-order chi connectivity index (χ1) is 7.99. The summed E-state index contributed by atoms with van der Waals surface area (Å²) in [6, 6.07) is 0.0638. The number of sulfonamides is 1. The highest BCUT2D eigenvalue weighted by Crippen LogP contribution is 2.25. The number of hydrogen-bond donors (Lipinski definition) is 1. The highest BCUT2D eigenvalue weighted by molar-refractivity contribution is 7.89. The third-order valence-corrected chi connectivity index (χ3v) is 4.85. The predicted molar refractivity (Wildman–Crippen MR) is 64.9 cm³/mol. The van der Waals surface area contributed by atoms with Crippen LogP contribution in [0.1, 0.15) is 32.6 Å². The minimum atomic E-state index is -3.41. The van der Waals surface area contributed by atoms with Gasteiger partial charge in [0.05, 0.1) is 6.20 Å². The van der Waals surface area contributed by atoms with Crippen LogP contribution < -0.4 is 4.72 Å². The smallest absolute Gasteiger partial charge is 0.243 e. The Morgan fingerprint density at radius 1 is 1.41 bits per heavy atom. The fourth-order valence-corrected chi connectivity index (χ4v) is 3.66. The van der Waals surface area contributed by atoms with Crippen molar-refractivity contribution in [1.29, 1.82) is 0 Å². The van der Waals surface area contributed by atoms with Crippen molar-refractivity contribution in [3.05, 3.63) is 12.4 Å². The molecule has 5 nitrogen and oxygen atoms in total. The fourth-order valence-electron chi connectivity index (χ4n) is 2.30. The lowest BCUT2D eigenvalue weighted by Crippen LogP contribution is -2.40. The van der Waals surface area contributed by atoms with Gasteiger partial charge in [0.2, 0.25) is 10.0 Å². The molecule has 17 heavy (non-hydrogen) atoms. The van der Waals surface area contributed by atoms with Crippen LogP contribution in [0.5, 0.6) is 0 Å². The third-order valence-electron chi connectivity index (χ3n) is 3.41. The highest BCUT2D eigenvalue weighted by Gasteiger charge is 2.27. The van der Waals surface area contributed by atoms with Crippen LogP contribution >= 0.6 is 0 Å². The molecule has 0 bridgehead atoms. The molecule has 96 valence electrons. The number of rotatable bonds is 3. The minimum Gasteiger partial charge on any atom is -0.274 e. The summed E-state index contributed by atoms with van der Waals surface area (Å²) < 4.78 is 28.5. The number of hydrogen-bond acceptors (Lipinski definition) is 3. The molecular formula is C11H19N3O2S. The summed E-state index contributed by atoms with van der Waals surface area (Å²) in [5.74, 6) is 0.412. The van der Waals surface area contributed by atoms with Gasteiger partial charge >= 0.3 is 0 Å². The molecule has 0 spiro atoms. The van der Waals surface area contributed by atoms with Crippen molar-refractivity contribution in [3.8, 4) is 0 Å². The van der Waals surface area contributed by atoms with Gasteiger partial charge in [-0.15, -0.1) is 0 Å². The Bertz CT molecular complexity index is 481. The van der Waals surface area contributed by atoms with Gasteiger partial charge in [0, 0.05) is 19.3 Å². The summed E-state index contributed by atoms with van der Waals surface area (Å²) in [5, 5.41) is 3.89. The van der Waals surface area contributed by atoms with Gasteiger partial charge in [0.15, 0.2) is 0 Å². The molecule has 6 heteroatoms. The lowest BCUT2D eigenvalue weighted by atomic mass is 9.87. The monoisotopic (exact) mass is 257 g/mol. The maximum Gasteiger partial charge on any atom is 0.243 e. The molecule has 1 aromatic rings. The van der Waals surface area contributed by atoms with Gasteiger partial charge in [-0.3, -0.25) is 4.68 Å². The molecule has 2 unspecified atom stereocenters. The zero-order valence-electron chi connectivity index (χ0n) is 10.3. The van der Waals surface area contributed by atoms with E-state index in [9.17, 15) is 8.42 Å². The molecule has 0 amide bonds. The van der Waals surface area contributed by atoms with Crippen LogP contribution in [0.3, 0.4) is 0 Å². The van der Waals surface area contributed by atoms with E-state index in [2.05, 4.69) is 16.7 Å². The zero-order valence-corrected chi connectivity index (χ0v) is 11.1. The Labute approximate surface area is 102 Å². The van der Waals surface area contributed by atoms with Crippen LogP contribution in [0, 0.1) is 5.92 Å². The second kappa shape index (κ2) is 4.78. The van der Waals surface area contributed by atoms with Gasteiger partial charge in [-0.2, -0.15) is 5.10 Å². The Balaban J connectivity index is 2.11. The van der Waals surface area contributed by atoms with Crippen molar-refractivity contribution < 1.29 is 8.42 Å². The SMILES string of the molecule is CC1CCCCC1NS(=O)(=O)c1cnn(C)c1. The van der Waals surface area contributed by atoms with E-state index in [-0.39, 0.29) is 10.9 Å². The lowest BCUT2D eigenvalue weighted by Gasteiger charge is -2.28. The van der Waals surface area contributed by atoms with E-state index >= 15 is 0 Å². The van der Waals surface area contributed by atoms with Crippen molar-refractivity contribution >= 4 is 10.0 Å². The van der Waals surface area contributed by atoms with Crippen LogP contribution in [0.2, 0.25) is 0 Å². The molecule has 1 aromatic heterocycles. The second-order valence-electron chi connectivity index (χ2n) is 4.84. The van der Waals surface area contributed by atoms with Gasteiger partial charge in [0.1, 0.15) is 4.90 Å². The van der Waals surface area contributed by atoms with Crippen molar-refractivity contribution in [2.45, 2.75) is 43.5 Å². The average molecular weight is 257 g/mol. The quantitative estimate of drug-likeness (QED) is 0.887. The maximum absolute atomic E-state index is 12.1. The van der Waals surface area contributed by atoms with Crippen LogP contribution in [-0.2, 0) is 17.1 Å². The second-order valence-corrected chi connectivity index (χ2v) is 6.55. The van der Waals surface area contributed by atoms with E-state index in [1.807, 2.05) is 0 Å². The molecule has 1 aliphatic carbocycles. The molecule has 0 saturated heterocycles. The molecule has 0 radical (unpaired) electrons. The van der Waals surface area contributed by atoms with E-state index in [0.29, 0.717) is 5.92 Å². The van der Waals surface area contributed by atoms with Crippen LogP contribution in [0.25, 0.3) is 0 Å². The predicted octanol–water partition coefficient (Wildman–Crippen LogP) is 1.28. The van der Waals surface area contributed by atoms with E-state index in [1.165, 1.54) is 23.5 Å². The highest BCUT2D eigenvalue weighted by atomic mass is 32.2. The molecular weight excluding hydrogens is 238 g/mol. The van der Waals surface area contributed by atoms with Crippen LogP contribution in [0.15, 0.2) is 17.3 Å². The molecule has 1 saturated carbocycles. The van der Waals surface area contributed by atoms with Gasteiger partial charge in [0.25, 0.3) is 0 Å². The molecule has 1 N–H and O–H groups in total. The molecule has 1 heterocycles. The van der Waals surface area contributed by atoms with Gasteiger partial charge in [-0.1, -0.05) is 19.8 Å². The lowest BCUT2D eigenvalue weighted by molar-refractivity contribution is 0.310. The van der Waals surface area contributed by atoms with Crippen LogP contribution in [0.4, 0.5) is 0 Å². The maximum atomic E-state index is 12.1. The molecule has 0 aliphatic heterocycles. The normalized spacial score (nSPS) is 26.0. The standard InChI is InChI=1S/C11H19N3O2S/c1-9-5-3-4-6-11(9)13-17(15,16)10-7-12-14(2)8-10/h7-9,11,13H,3-6H2,1-2H3. The van der Waals surface area contributed by atoms with Crippen LogP contribution in [-0.4, -0.2) is 24.2 Å². The summed E-state index contributed by atoms with van der Waals surface area (Å²) in [7, 11) is -1.69. The van der Waals surface area contributed by atoms with E-state index in [0.717, 1.165) is 19.3 Å². The van der Waals surface area contributed by atoms with Crippen molar-refractivity contribution in [2.24, 2.45) is 13.0 Å². The summed E-state index contributed by atoms with van der Waals surface area (Å²) >= 11 is 0. The van der Waals surface area contributed by atoms with Crippen molar-refractivity contribution in [1.82, 2.24) is 14.5 Å². The average Bonchev–Trinajstić information content (AvgIpc) is 2.69. The van der Waals surface area contributed by atoms with E-state index < -0.39 is 10.0 Å². The summed E-state index contributed by atoms with van der Waals surface area (Å²) in [6.45, 7) is 2.11. The van der Waals surface area contributed by atoms with Gasteiger partial charge < -0.3 is 0 Å². The largest absolute Gasteiger partial charge is 0.274 e. The summed E-state index contributed by atoms with van der Waals surface area (Å²) in [4.78, 5) is 0.248. The van der Waals surface area contributed by atoms with Gasteiger partial charge in [-0.25, -0.2) is 13.1 Å². The Hall–Kier alpha value is -0.880. The van der Waals surface area contributed by atoms with Crippen molar-refractivity contribution in [2.75, 3.05) is 0 Å². The number of nitrogens with one attached hydrogen (secondary N) is 1. The third kappa shape index (κ3) is 2.87. The zero-order chi connectivity index (χ0) is 12.5. The first kappa shape index (κ1) is 12.6. The molecule has 1 aliphatic rings. The fraction of sp³-hybridized carbons (Fsp3) is 0.727. The molecule has 0 aromatic carbocycles. The topological polar surface area (TPSA) is 64.0 Å². The number of aryl methyl sites for hydroxylation is 1. The first-order valence-corrected chi connectivity index (χ1v) is 7.48. The van der Waals surface area contributed by atoms with Gasteiger partial charge in [-0.05, 0) is 18.8 Å².